The van der Waals surface area contributed by atoms with E-state index in [0.29, 0.717) is 23.7 Å². The van der Waals surface area contributed by atoms with Crippen molar-refractivity contribution in [2.45, 2.75) is 6.42 Å². The summed E-state index contributed by atoms with van der Waals surface area (Å²) in [5, 5.41) is 8.44. The van der Waals surface area contributed by atoms with E-state index >= 15 is 0 Å². The molecular weight excluding hydrogens is 370 g/mol. The Morgan fingerprint density at radius 2 is 1.74 bits per heavy atom. The third kappa shape index (κ3) is 6.71. The topological polar surface area (TPSA) is 88.7 Å². The summed E-state index contributed by atoms with van der Waals surface area (Å²) in [6.45, 7) is 0.275. The minimum Gasteiger partial charge on any atom is -0.497 e. The number of carbonyl (C=O) groups excluding carboxylic acids is 2. The average molecular weight is 392 g/mol. The number of rotatable bonds is 8. The maximum atomic E-state index is 11.9. The minimum atomic E-state index is -0.470. The van der Waals surface area contributed by atoms with Gasteiger partial charge in [0.25, 0.3) is 0 Å². The van der Waals surface area contributed by atoms with Crippen LogP contribution in [0.2, 0.25) is 5.02 Å². The number of urea groups is 1. The first-order valence-corrected chi connectivity index (χ1v) is 8.67. The van der Waals surface area contributed by atoms with Crippen molar-refractivity contribution < 1.29 is 19.1 Å². The molecule has 3 amide bonds. The number of hydrogen-bond acceptors (Lipinski definition) is 4. The van der Waals surface area contributed by atoms with Crippen molar-refractivity contribution in [1.82, 2.24) is 10.6 Å². The van der Waals surface area contributed by atoms with Crippen molar-refractivity contribution >= 4 is 29.2 Å². The molecule has 0 unspecified atom stereocenters. The van der Waals surface area contributed by atoms with E-state index in [1.165, 1.54) is 0 Å². The normalized spacial score (nSPS) is 10.0. The van der Waals surface area contributed by atoms with Crippen LogP contribution in [-0.4, -0.2) is 39.2 Å². The summed E-state index contributed by atoms with van der Waals surface area (Å²) in [5.41, 5.74) is 1.51. The van der Waals surface area contributed by atoms with Crippen molar-refractivity contribution in [3.8, 4) is 11.5 Å². The first-order chi connectivity index (χ1) is 13.0. The van der Waals surface area contributed by atoms with E-state index in [9.17, 15) is 9.59 Å². The number of anilines is 1. The number of amides is 3. The van der Waals surface area contributed by atoms with Crippen LogP contribution < -0.4 is 25.4 Å². The highest BCUT2D eigenvalue weighted by atomic mass is 35.5. The average Bonchev–Trinajstić information content (AvgIpc) is 2.68. The summed E-state index contributed by atoms with van der Waals surface area (Å²) < 4.78 is 10.5. The molecule has 0 aliphatic heterocycles. The van der Waals surface area contributed by atoms with Crippen molar-refractivity contribution in [2.75, 3.05) is 32.6 Å². The molecule has 0 fully saturated rings. The van der Waals surface area contributed by atoms with Crippen molar-refractivity contribution in [2.24, 2.45) is 0 Å². The number of hydrogen-bond donors (Lipinski definition) is 3. The van der Waals surface area contributed by atoms with Gasteiger partial charge in [-0.2, -0.15) is 0 Å². The van der Waals surface area contributed by atoms with Gasteiger partial charge in [0.2, 0.25) is 5.91 Å². The lowest BCUT2D eigenvalue weighted by Gasteiger charge is -2.11. The van der Waals surface area contributed by atoms with E-state index in [1.54, 1.807) is 38.5 Å². The van der Waals surface area contributed by atoms with Gasteiger partial charge in [-0.05, 0) is 54.4 Å². The smallest absolute Gasteiger partial charge is 0.319 e. The Bertz CT molecular complexity index is 781. The second-order valence-corrected chi connectivity index (χ2v) is 6.03. The Balaban J connectivity index is 1.73. The van der Waals surface area contributed by atoms with E-state index < -0.39 is 6.03 Å². The number of ether oxygens (including phenoxy) is 2. The highest BCUT2D eigenvalue weighted by Gasteiger charge is 2.08. The Morgan fingerprint density at radius 3 is 2.41 bits per heavy atom. The van der Waals surface area contributed by atoms with Gasteiger partial charge < -0.3 is 25.4 Å². The molecule has 8 heteroatoms. The van der Waals surface area contributed by atoms with E-state index in [4.69, 9.17) is 21.1 Å². The van der Waals surface area contributed by atoms with Crippen molar-refractivity contribution in [3.63, 3.8) is 0 Å². The fraction of sp³-hybridized carbons (Fsp3) is 0.263. The van der Waals surface area contributed by atoms with Gasteiger partial charge in [-0.1, -0.05) is 11.6 Å². The number of carbonyl (C=O) groups is 2. The molecule has 0 saturated carbocycles. The fourth-order valence-corrected chi connectivity index (χ4v) is 2.47. The van der Waals surface area contributed by atoms with E-state index in [1.807, 2.05) is 18.2 Å². The van der Waals surface area contributed by atoms with Crippen LogP contribution >= 0.6 is 11.6 Å². The maximum absolute atomic E-state index is 11.9. The summed E-state index contributed by atoms with van der Waals surface area (Å²) in [6.07, 6.45) is 0.573. The van der Waals surface area contributed by atoms with Gasteiger partial charge in [0.1, 0.15) is 11.5 Å². The van der Waals surface area contributed by atoms with E-state index in [0.717, 1.165) is 17.1 Å². The molecule has 2 aromatic carbocycles. The maximum Gasteiger partial charge on any atom is 0.319 e. The molecule has 0 radical (unpaired) electrons. The van der Waals surface area contributed by atoms with E-state index in [-0.39, 0.29) is 12.5 Å². The lowest BCUT2D eigenvalue weighted by molar-refractivity contribution is -0.120. The molecule has 0 aliphatic carbocycles. The van der Waals surface area contributed by atoms with Crippen LogP contribution in [0, 0.1) is 0 Å². The predicted molar refractivity (Wildman–Crippen MR) is 105 cm³/mol. The molecule has 3 N–H and O–H groups in total. The summed E-state index contributed by atoms with van der Waals surface area (Å²) in [7, 11) is 3.18. The van der Waals surface area contributed by atoms with Crippen molar-refractivity contribution in [1.29, 1.82) is 0 Å². The number of nitrogens with one attached hydrogen (secondary N) is 3. The first kappa shape index (κ1) is 20.4. The standard InChI is InChI=1S/C19H22ClN3O4/c1-26-16-7-8-17(27-2)13(11-16)9-10-21-18(24)12-22-19(25)23-15-5-3-14(20)4-6-15/h3-8,11H,9-10,12H2,1-2H3,(H,21,24)(H2,22,23,25). The monoisotopic (exact) mass is 391 g/mol. The van der Waals surface area contributed by atoms with Gasteiger partial charge in [-0.15, -0.1) is 0 Å². The summed E-state index contributed by atoms with van der Waals surface area (Å²) in [5.74, 6) is 1.16. The van der Waals surface area contributed by atoms with Crippen LogP contribution in [0.4, 0.5) is 10.5 Å². The zero-order valence-corrected chi connectivity index (χ0v) is 15.9. The molecule has 0 spiro atoms. The van der Waals surface area contributed by atoms with Crippen LogP contribution in [0.25, 0.3) is 0 Å². The molecule has 27 heavy (non-hydrogen) atoms. The highest BCUT2D eigenvalue weighted by Crippen LogP contribution is 2.24. The van der Waals surface area contributed by atoms with Gasteiger partial charge in [-0.3, -0.25) is 4.79 Å². The number of halogens is 1. The predicted octanol–water partition coefficient (Wildman–Crippen LogP) is 2.84. The molecule has 144 valence electrons. The largest absolute Gasteiger partial charge is 0.497 e. The Labute approximate surface area is 163 Å². The summed E-state index contributed by atoms with van der Waals surface area (Å²) in [6, 6.07) is 11.7. The lowest BCUT2D eigenvalue weighted by Crippen LogP contribution is -2.39. The van der Waals surface area contributed by atoms with Crippen LogP contribution in [0.15, 0.2) is 42.5 Å². The lowest BCUT2D eigenvalue weighted by atomic mass is 10.1. The SMILES string of the molecule is COc1ccc(OC)c(CCNC(=O)CNC(=O)Nc2ccc(Cl)cc2)c1. The van der Waals surface area contributed by atoms with Gasteiger partial charge >= 0.3 is 6.03 Å². The Kier molecular flexibility index (Phi) is 7.76. The number of methoxy groups -OCH3 is 2. The molecule has 0 saturated heterocycles. The zero-order chi connectivity index (χ0) is 19.6. The fourth-order valence-electron chi connectivity index (χ4n) is 2.35. The summed E-state index contributed by atoms with van der Waals surface area (Å²) >= 11 is 5.78. The highest BCUT2D eigenvalue weighted by molar-refractivity contribution is 6.30. The molecule has 0 bridgehead atoms. The van der Waals surface area contributed by atoms with E-state index in [2.05, 4.69) is 16.0 Å². The Hall–Kier alpha value is -2.93. The molecule has 7 nitrogen and oxygen atoms in total. The molecular formula is C19H22ClN3O4. The van der Waals surface area contributed by atoms with Gasteiger partial charge in [-0.25, -0.2) is 4.79 Å². The second-order valence-electron chi connectivity index (χ2n) is 5.59. The third-order valence-electron chi connectivity index (χ3n) is 3.72. The molecule has 2 rings (SSSR count). The van der Waals surface area contributed by atoms with Crippen LogP contribution in [0.1, 0.15) is 5.56 Å². The minimum absolute atomic E-state index is 0.130. The van der Waals surface area contributed by atoms with Crippen LogP contribution in [0.5, 0.6) is 11.5 Å². The third-order valence-corrected chi connectivity index (χ3v) is 3.97. The van der Waals surface area contributed by atoms with Gasteiger partial charge in [0.05, 0.1) is 20.8 Å². The second kappa shape index (κ2) is 10.3. The van der Waals surface area contributed by atoms with Gasteiger partial charge in [0.15, 0.2) is 0 Å². The Morgan fingerprint density at radius 1 is 1.00 bits per heavy atom. The molecule has 0 atom stereocenters. The molecule has 0 aromatic heterocycles. The van der Waals surface area contributed by atoms with Gasteiger partial charge in [0, 0.05) is 17.3 Å². The molecule has 0 heterocycles. The molecule has 2 aromatic rings. The quantitative estimate of drug-likeness (QED) is 0.645. The van der Waals surface area contributed by atoms with Crippen LogP contribution in [0.3, 0.4) is 0 Å². The first-order valence-electron chi connectivity index (χ1n) is 8.30. The van der Waals surface area contributed by atoms with Crippen LogP contribution in [-0.2, 0) is 11.2 Å². The number of benzene rings is 2. The van der Waals surface area contributed by atoms with Crippen molar-refractivity contribution in [3.05, 3.63) is 53.1 Å². The zero-order valence-electron chi connectivity index (χ0n) is 15.2. The summed E-state index contributed by atoms with van der Waals surface area (Å²) in [4.78, 5) is 23.7. The molecule has 0 aliphatic rings.